The van der Waals surface area contributed by atoms with Crippen molar-refractivity contribution in [3.63, 3.8) is 0 Å². The third-order valence-corrected chi connectivity index (χ3v) is 17.0. The number of hydrogen-bond acceptors (Lipinski definition) is 11. The predicted octanol–water partition coefficient (Wildman–Crippen LogP) is 3.52. The number of aliphatic carboxylic acids is 1. The van der Waals surface area contributed by atoms with Crippen molar-refractivity contribution in [3.05, 3.63) is 11.6 Å². The molecule has 0 aromatic heterocycles. The molecule has 302 valence electrons. The van der Waals surface area contributed by atoms with Crippen molar-refractivity contribution in [2.75, 3.05) is 13.2 Å². The van der Waals surface area contributed by atoms with E-state index in [1.807, 2.05) is 0 Å². The van der Waals surface area contributed by atoms with E-state index in [-0.39, 0.29) is 46.7 Å². The van der Waals surface area contributed by atoms with Crippen LogP contribution in [0.25, 0.3) is 0 Å². The SMILES string of the molecule is C[C@@H]1O[C@@H](O[C@@H]2CO[C@@H](O[C@H]3CC[C@@]4(C)[C@@H](CC[C@]5(C)[C@@H]4CC=C4[C@@H]6CC(C)(C)CC[C@]6(C(=O)O)CC[C@]45C)[C@]3(C)CO)[C@H](O)[C@H]2O)[C@H](O)[C@H](O)[C@H]1O. The molecule has 0 amide bonds. The van der Waals surface area contributed by atoms with Crippen LogP contribution in [0.3, 0.4) is 0 Å². The summed E-state index contributed by atoms with van der Waals surface area (Å²) >= 11 is 0. The highest BCUT2D eigenvalue weighted by atomic mass is 16.7. The van der Waals surface area contributed by atoms with Gasteiger partial charge in [-0.25, -0.2) is 0 Å². The highest BCUT2D eigenvalue weighted by Gasteiger charge is 2.70. The van der Waals surface area contributed by atoms with Gasteiger partial charge in [-0.2, -0.15) is 0 Å². The van der Waals surface area contributed by atoms with Gasteiger partial charge in [0.15, 0.2) is 12.6 Å². The van der Waals surface area contributed by atoms with Gasteiger partial charge in [0, 0.05) is 5.41 Å². The number of fused-ring (bicyclic) bond motifs is 7. The summed E-state index contributed by atoms with van der Waals surface area (Å²) in [5.41, 5.74) is -0.134. The van der Waals surface area contributed by atoms with Crippen molar-refractivity contribution < 1.29 is 59.5 Å². The summed E-state index contributed by atoms with van der Waals surface area (Å²) in [6, 6.07) is 0. The van der Waals surface area contributed by atoms with E-state index in [2.05, 4.69) is 47.6 Å². The molecule has 7 N–H and O–H groups in total. The number of aliphatic hydroxyl groups is 6. The molecule has 0 aromatic rings. The Morgan fingerprint density at radius 2 is 1.49 bits per heavy atom. The van der Waals surface area contributed by atoms with Crippen LogP contribution in [0.1, 0.15) is 113 Å². The molecule has 0 aromatic carbocycles. The Labute approximate surface area is 314 Å². The predicted molar refractivity (Wildman–Crippen MR) is 192 cm³/mol. The third kappa shape index (κ3) is 5.85. The van der Waals surface area contributed by atoms with Crippen LogP contribution in [0, 0.1) is 50.2 Å². The molecule has 7 rings (SSSR count). The van der Waals surface area contributed by atoms with Crippen LogP contribution in [0.5, 0.6) is 0 Å². The number of allylic oxidation sites excluding steroid dienone is 2. The normalized spacial score (nSPS) is 55.1. The van der Waals surface area contributed by atoms with Gasteiger partial charge in [0.2, 0.25) is 0 Å². The molecule has 2 heterocycles. The van der Waals surface area contributed by atoms with E-state index in [0.717, 1.165) is 51.4 Å². The van der Waals surface area contributed by atoms with Gasteiger partial charge >= 0.3 is 5.97 Å². The lowest BCUT2D eigenvalue weighted by Crippen LogP contribution is -2.66. The third-order valence-electron chi connectivity index (χ3n) is 17.0. The zero-order valence-electron chi connectivity index (χ0n) is 32.7. The molecule has 7 aliphatic rings. The largest absolute Gasteiger partial charge is 0.481 e. The minimum Gasteiger partial charge on any atom is -0.481 e. The topological polar surface area (TPSA) is 196 Å². The molecule has 0 spiro atoms. The van der Waals surface area contributed by atoms with Crippen molar-refractivity contribution in [2.24, 2.45) is 50.2 Å². The smallest absolute Gasteiger partial charge is 0.310 e. The minimum absolute atomic E-state index is 0.0397. The summed E-state index contributed by atoms with van der Waals surface area (Å²) in [7, 11) is 0. The average molecular weight is 751 g/mol. The van der Waals surface area contributed by atoms with Crippen LogP contribution in [0.15, 0.2) is 11.6 Å². The number of ether oxygens (including phenoxy) is 4. The molecule has 2 aliphatic heterocycles. The average Bonchev–Trinajstić information content (AvgIpc) is 3.10. The molecular formula is C41H66O12. The fourth-order valence-corrected chi connectivity index (χ4v) is 13.3. The number of carboxylic acids is 1. The van der Waals surface area contributed by atoms with Crippen molar-refractivity contribution in [2.45, 2.75) is 174 Å². The van der Waals surface area contributed by atoms with E-state index in [4.69, 9.17) is 18.9 Å². The highest BCUT2D eigenvalue weighted by Crippen LogP contribution is 2.76. The standard InChI is InChI=1S/C41H66O12/c1-21-28(43)30(45)32(47)34(51-21)52-24-19-50-33(31(46)29(24)44)53-27-11-12-37(4)25(38(27,5)20-42)10-13-40(7)26(37)9-8-22-23-18-36(2,3)14-16-41(23,35(48)49)17-15-39(22,40)6/h8,21,23-34,42-47H,9-20H2,1-7H3,(H,48,49)/t21-,23-,24+,25+,26+,27-,28-,29-,30+,31+,32+,33-,34-,37-,38-,39+,40+,41-/m0/s1. The zero-order chi connectivity index (χ0) is 38.7. The Kier molecular flexibility index (Phi) is 10.2. The van der Waals surface area contributed by atoms with Gasteiger partial charge in [0.1, 0.15) is 36.6 Å². The molecule has 53 heavy (non-hydrogen) atoms. The molecule has 2 saturated heterocycles. The molecule has 0 radical (unpaired) electrons. The van der Waals surface area contributed by atoms with Gasteiger partial charge in [0.05, 0.1) is 30.8 Å². The Morgan fingerprint density at radius 1 is 0.811 bits per heavy atom. The van der Waals surface area contributed by atoms with Gasteiger partial charge in [-0.05, 0) is 111 Å². The monoisotopic (exact) mass is 750 g/mol. The second kappa shape index (κ2) is 13.5. The van der Waals surface area contributed by atoms with Gasteiger partial charge in [0.25, 0.3) is 0 Å². The number of carbonyl (C=O) groups is 1. The lowest BCUT2D eigenvalue weighted by Gasteiger charge is -2.71. The van der Waals surface area contributed by atoms with Gasteiger partial charge in [-0.1, -0.05) is 53.2 Å². The summed E-state index contributed by atoms with van der Waals surface area (Å²) in [6.45, 7) is 15.2. The van der Waals surface area contributed by atoms with Gasteiger partial charge in [-0.15, -0.1) is 0 Å². The van der Waals surface area contributed by atoms with E-state index in [1.165, 1.54) is 12.5 Å². The first-order valence-corrected chi connectivity index (χ1v) is 20.2. The first kappa shape index (κ1) is 40.0. The molecule has 12 heteroatoms. The summed E-state index contributed by atoms with van der Waals surface area (Å²) in [4.78, 5) is 13.0. The Hall–Kier alpha value is -1.19. The fraction of sp³-hybridized carbons (Fsp3) is 0.927. The molecule has 18 atom stereocenters. The summed E-state index contributed by atoms with van der Waals surface area (Å²) in [5.74, 6) is -0.139. The van der Waals surface area contributed by atoms with Crippen molar-refractivity contribution >= 4 is 5.97 Å². The van der Waals surface area contributed by atoms with E-state index in [9.17, 15) is 40.5 Å². The lowest BCUT2D eigenvalue weighted by atomic mass is 9.33. The number of rotatable bonds is 6. The Morgan fingerprint density at radius 3 is 2.17 bits per heavy atom. The molecular weight excluding hydrogens is 684 g/mol. The summed E-state index contributed by atoms with van der Waals surface area (Å²) in [6.07, 6.45) is -1.40. The summed E-state index contributed by atoms with van der Waals surface area (Å²) < 4.78 is 23.8. The quantitative estimate of drug-likeness (QED) is 0.155. The van der Waals surface area contributed by atoms with Crippen LogP contribution in [-0.2, 0) is 23.7 Å². The Balaban J connectivity index is 1.08. The van der Waals surface area contributed by atoms with Crippen molar-refractivity contribution in [1.82, 2.24) is 0 Å². The maximum Gasteiger partial charge on any atom is 0.310 e. The van der Waals surface area contributed by atoms with Crippen molar-refractivity contribution in [3.8, 4) is 0 Å². The van der Waals surface area contributed by atoms with Crippen molar-refractivity contribution in [1.29, 1.82) is 0 Å². The molecule has 6 fully saturated rings. The second-order valence-corrected chi connectivity index (χ2v) is 20.0. The first-order valence-electron chi connectivity index (χ1n) is 20.2. The molecule has 12 nitrogen and oxygen atoms in total. The van der Waals surface area contributed by atoms with Gasteiger partial charge < -0.3 is 54.7 Å². The van der Waals surface area contributed by atoms with Crippen LogP contribution >= 0.6 is 0 Å². The molecule has 0 unspecified atom stereocenters. The van der Waals surface area contributed by atoms with Crippen LogP contribution in [-0.4, -0.2) is 116 Å². The maximum atomic E-state index is 13.0. The van der Waals surface area contributed by atoms with E-state index in [0.29, 0.717) is 18.8 Å². The molecule has 0 bridgehead atoms. The Bertz CT molecular complexity index is 1440. The fourth-order valence-electron chi connectivity index (χ4n) is 13.3. The van der Waals surface area contributed by atoms with Crippen LogP contribution in [0.4, 0.5) is 0 Å². The maximum absolute atomic E-state index is 13.0. The van der Waals surface area contributed by atoms with Gasteiger partial charge in [-0.3, -0.25) is 4.79 Å². The van der Waals surface area contributed by atoms with E-state index in [1.54, 1.807) is 0 Å². The first-order chi connectivity index (χ1) is 24.7. The van der Waals surface area contributed by atoms with Crippen LogP contribution in [0.2, 0.25) is 0 Å². The second-order valence-electron chi connectivity index (χ2n) is 20.0. The lowest BCUT2D eigenvalue weighted by molar-refractivity contribution is -0.350. The number of hydrogen-bond donors (Lipinski definition) is 7. The summed E-state index contributed by atoms with van der Waals surface area (Å²) in [5, 5.41) is 74.8. The zero-order valence-corrected chi connectivity index (χ0v) is 32.7. The molecule has 4 saturated carbocycles. The number of aliphatic hydroxyl groups excluding tert-OH is 6. The minimum atomic E-state index is -1.57. The van der Waals surface area contributed by atoms with Crippen LogP contribution < -0.4 is 0 Å². The highest BCUT2D eigenvalue weighted by molar-refractivity contribution is 5.76. The number of carboxylic acid groups (broad SMARTS) is 1. The van der Waals surface area contributed by atoms with E-state index < -0.39 is 78.2 Å². The van der Waals surface area contributed by atoms with E-state index >= 15 is 0 Å². The molecule has 5 aliphatic carbocycles.